The Balaban J connectivity index is 1.75. The lowest BCUT2D eigenvalue weighted by molar-refractivity contribution is -0.0956. The molecule has 2 heterocycles. The lowest BCUT2D eigenvalue weighted by atomic mass is 9.75. The number of fused-ring (bicyclic) bond motifs is 2. The highest BCUT2D eigenvalue weighted by Gasteiger charge is 2.65. The molecule has 2 bridgehead atoms. The van der Waals surface area contributed by atoms with Crippen molar-refractivity contribution >= 4 is 15.9 Å². The van der Waals surface area contributed by atoms with E-state index in [-0.39, 0.29) is 17.3 Å². The molecule has 3 heteroatoms. The molecule has 4 atom stereocenters. The minimum absolute atomic E-state index is 0.0693. The Morgan fingerprint density at radius 3 is 2.45 bits per heavy atom. The van der Waals surface area contributed by atoms with Crippen molar-refractivity contribution in [2.24, 2.45) is 5.92 Å². The number of halogens is 1. The molecule has 122 valence electrons. The fourth-order valence-electron chi connectivity index (χ4n) is 4.15. The highest BCUT2D eigenvalue weighted by Crippen LogP contribution is 2.57. The van der Waals surface area contributed by atoms with Gasteiger partial charge in [0.25, 0.3) is 0 Å². The minimum Gasteiger partial charge on any atom is -0.370 e. The van der Waals surface area contributed by atoms with Gasteiger partial charge in [-0.3, -0.25) is 0 Å². The molecule has 2 aliphatic heterocycles. The third kappa shape index (κ3) is 2.46. The summed E-state index contributed by atoms with van der Waals surface area (Å²) in [6, 6.07) is 6.43. The van der Waals surface area contributed by atoms with Crippen LogP contribution in [0.2, 0.25) is 0 Å². The highest BCUT2D eigenvalue weighted by molar-refractivity contribution is 9.09. The second-order valence-corrected chi connectivity index (χ2v) is 8.68. The van der Waals surface area contributed by atoms with Crippen molar-refractivity contribution in [3.05, 3.63) is 34.9 Å². The maximum absolute atomic E-state index is 6.51. The predicted molar refractivity (Wildman–Crippen MR) is 93.5 cm³/mol. The van der Waals surface area contributed by atoms with Gasteiger partial charge >= 0.3 is 0 Å². The summed E-state index contributed by atoms with van der Waals surface area (Å²) in [6.07, 6.45) is 2.20. The monoisotopic (exact) mass is 366 g/mol. The van der Waals surface area contributed by atoms with Crippen LogP contribution in [0, 0.1) is 19.8 Å². The minimum atomic E-state index is -0.158. The summed E-state index contributed by atoms with van der Waals surface area (Å²) in [5.74, 6) is 0.493. The quantitative estimate of drug-likeness (QED) is 0.703. The van der Waals surface area contributed by atoms with Crippen molar-refractivity contribution in [1.82, 2.24) is 0 Å². The van der Waals surface area contributed by atoms with E-state index < -0.39 is 0 Å². The zero-order valence-corrected chi connectivity index (χ0v) is 15.9. The molecule has 22 heavy (non-hydrogen) atoms. The summed E-state index contributed by atoms with van der Waals surface area (Å²) >= 11 is 3.85. The van der Waals surface area contributed by atoms with Crippen LogP contribution >= 0.6 is 15.9 Å². The fourth-order valence-corrected chi connectivity index (χ4v) is 5.60. The van der Waals surface area contributed by atoms with Crippen LogP contribution in [0.5, 0.6) is 0 Å². The molecule has 1 aromatic carbocycles. The third-order valence-corrected chi connectivity index (χ3v) is 6.87. The number of hydrogen-bond acceptors (Lipinski definition) is 2. The van der Waals surface area contributed by atoms with Crippen molar-refractivity contribution in [2.75, 3.05) is 0 Å². The molecule has 2 saturated heterocycles. The van der Waals surface area contributed by atoms with Gasteiger partial charge in [0.15, 0.2) is 0 Å². The lowest BCUT2D eigenvalue weighted by Gasteiger charge is -2.35. The van der Waals surface area contributed by atoms with E-state index in [2.05, 4.69) is 68.7 Å². The Bertz CT molecular complexity index is 550. The first kappa shape index (κ1) is 16.5. The molecule has 4 unspecified atom stereocenters. The van der Waals surface area contributed by atoms with E-state index in [0.717, 1.165) is 12.8 Å². The smallest absolute Gasteiger partial charge is 0.0936 e. The van der Waals surface area contributed by atoms with Crippen molar-refractivity contribution in [3.63, 3.8) is 0 Å². The molecule has 0 amide bonds. The maximum atomic E-state index is 6.51. The Morgan fingerprint density at radius 1 is 1.27 bits per heavy atom. The molecule has 0 saturated carbocycles. The average molecular weight is 367 g/mol. The van der Waals surface area contributed by atoms with E-state index in [1.54, 1.807) is 0 Å². The molecule has 0 spiro atoms. The lowest BCUT2D eigenvalue weighted by Crippen LogP contribution is -2.44. The van der Waals surface area contributed by atoms with Crippen LogP contribution in [0.1, 0.15) is 50.3 Å². The molecule has 0 N–H and O–H groups in total. The Labute approximate surface area is 142 Å². The number of ether oxygens (including phenoxy) is 2. The number of aryl methyl sites for hydroxylation is 2. The van der Waals surface area contributed by atoms with E-state index >= 15 is 0 Å². The van der Waals surface area contributed by atoms with E-state index in [9.17, 15) is 0 Å². The normalized spacial score (nSPS) is 37.2. The third-order valence-electron chi connectivity index (χ3n) is 5.77. The molecular formula is C19H27BrO2. The topological polar surface area (TPSA) is 18.5 Å². The second kappa shape index (κ2) is 5.61. The largest absolute Gasteiger partial charge is 0.370 e. The molecule has 0 radical (unpaired) electrons. The van der Waals surface area contributed by atoms with Crippen molar-refractivity contribution in [3.8, 4) is 0 Å². The summed E-state index contributed by atoms with van der Waals surface area (Å²) in [6.45, 7) is 11.7. The Hall–Kier alpha value is -0.380. The zero-order chi connectivity index (χ0) is 16.1. The first-order chi connectivity index (χ1) is 10.3. The standard InChI is InChI=1S/C19H27BrO2/c1-12(2)19-10-17(18(5,22-19)9-16(19)20)21-11-15-13(3)7-6-8-14(15)4/h6-8,12,16-17H,9-11H2,1-5H3. The molecule has 2 nitrogen and oxygen atoms in total. The van der Waals surface area contributed by atoms with Gasteiger partial charge in [0.2, 0.25) is 0 Å². The Kier molecular flexibility index (Phi) is 4.20. The summed E-state index contributed by atoms with van der Waals surface area (Å²) in [5.41, 5.74) is 3.72. The highest BCUT2D eigenvalue weighted by atomic mass is 79.9. The first-order valence-corrected chi connectivity index (χ1v) is 9.21. The fraction of sp³-hybridized carbons (Fsp3) is 0.684. The van der Waals surface area contributed by atoms with Gasteiger partial charge in [0.05, 0.1) is 23.9 Å². The van der Waals surface area contributed by atoms with Gasteiger partial charge in [0, 0.05) is 11.2 Å². The van der Waals surface area contributed by atoms with Crippen molar-refractivity contribution in [2.45, 2.75) is 76.2 Å². The molecular weight excluding hydrogens is 340 g/mol. The summed E-state index contributed by atoms with van der Waals surface area (Å²) in [5, 5.41) is 0. The van der Waals surface area contributed by atoms with Crippen LogP contribution < -0.4 is 0 Å². The predicted octanol–water partition coefficient (Wildman–Crippen LogP) is 4.93. The van der Waals surface area contributed by atoms with Crippen LogP contribution in [0.4, 0.5) is 0 Å². The van der Waals surface area contributed by atoms with E-state index in [4.69, 9.17) is 9.47 Å². The van der Waals surface area contributed by atoms with Gasteiger partial charge in [-0.1, -0.05) is 48.0 Å². The van der Waals surface area contributed by atoms with Crippen molar-refractivity contribution in [1.29, 1.82) is 0 Å². The van der Waals surface area contributed by atoms with E-state index in [1.165, 1.54) is 16.7 Å². The number of alkyl halides is 1. The molecule has 3 rings (SSSR count). The summed E-state index contributed by atoms with van der Waals surface area (Å²) < 4.78 is 12.9. The molecule has 0 aromatic heterocycles. The van der Waals surface area contributed by atoms with Gasteiger partial charge in [-0.05, 0) is 49.8 Å². The van der Waals surface area contributed by atoms with Crippen LogP contribution in [-0.2, 0) is 16.1 Å². The number of benzene rings is 1. The van der Waals surface area contributed by atoms with Gasteiger partial charge in [-0.25, -0.2) is 0 Å². The van der Waals surface area contributed by atoms with Crippen LogP contribution in [0.15, 0.2) is 18.2 Å². The zero-order valence-electron chi connectivity index (χ0n) is 14.3. The molecule has 2 aliphatic rings. The second-order valence-electron chi connectivity index (χ2n) is 7.57. The average Bonchev–Trinajstić information content (AvgIpc) is 2.86. The molecule has 2 fully saturated rings. The van der Waals surface area contributed by atoms with E-state index in [0.29, 0.717) is 17.4 Å². The summed E-state index contributed by atoms with van der Waals surface area (Å²) in [4.78, 5) is 0.435. The van der Waals surface area contributed by atoms with Gasteiger partial charge < -0.3 is 9.47 Å². The van der Waals surface area contributed by atoms with Crippen LogP contribution in [0.3, 0.4) is 0 Å². The maximum Gasteiger partial charge on any atom is 0.0936 e. The van der Waals surface area contributed by atoms with Crippen LogP contribution in [0.25, 0.3) is 0 Å². The van der Waals surface area contributed by atoms with Gasteiger partial charge in [0.1, 0.15) is 0 Å². The molecule has 0 aliphatic carbocycles. The summed E-state index contributed by atoms with van der Waals surface area (Å²) in [7, 11) is 0. The van der Waals surface area contributed by atoms with Gasteiger partial charge in [-0.2, -0.15) is 0 Å². The Morgan fingerprint density at radius 2 is 1.91 bits per heavy atom. The van der Waals surface area contributed by atoms with E-state index in [1.807, 2.05) is 0 Å². The van der Waals surface area contributed by atoms with Crippen LogP contribution in [-0.4, -0.2) is 22.1 Å². The first-order valence-electron chi connectivity index (χ1n) is 8.29. The van der Waals surface area contributed by atoms with Crippen molar-refractivity contribution < 1.29 is 9.47 Å². The number of hydrogen-bond donors (Lipinski definition) is 0. The molecule has 1 aromatic rings. The number of rotatable bonds is 4. The van der Waals surface area contributed by atoms with Gasteiger partial charge in [-0.15, -0.1) is 0 Å². The SMILES string of the molecule is Cc1cccc(C)c1COC1CC2(C(C)C)OC1(C)CC2Br.